The number of methoxy groups -OCH3 is 1. The second-order valence-electron chi connectivity index (χ2n) is 4.74. The highest BCUT2D eigenvalue weighted by Crippen LogP contribution is 2.19. The van der Waals surface area contributed by atoms with Gasteiger partial charge < -0.3 is 4.74 Å². The highest BCUT2D eigenvalue weighted by molar-refractivity contribution is 5.89. The van der Waals surface area contributed by atoms with Crippen molar-refractivity contribution in [2.75, 3.05) is 7.11 Å². The van der Waals surface area contributed by atoms with Gasteiger partial charge in [0.2, 0.25) is 0 Å². The summed E-state index contributed by atoms with van der Waals surface area (Å²) in [5.41, 5.74) is 3.23. The molecule has 0 spiro atoms. The molecule has 0 saturated heterocycles. The van der Waals surface area contributed by atoms with Crippen molar-refractivity contribution < 1.29 is 14.5 Å². The molecular weight excluding hydrogens is 282 g/mol. The molecule has 22 heavy (non-hydrogen) atoms. The summed E-state index contributed by atoms with van der Waals surface area (Å²) in [6.45, 7) is 1.83. The maximum atomic E-state index is 11.3. The zero-order valence-corrected chi connectivity index (χ0v) is 12.3. The molecule has 0 bridgehead atoms. The highest BCUT2D eigenvalue weighted by atomic mass is 16.6. The zero-order valence-electron chi connectivity index (χ0n) is 12.3. The van der Waals surface area contributed by atoms with E-state index < -0.39 is 4.92 Å². The van der Waals surface area contributed by atoms with Crippen LogP contribution in [0.3, 0.4) is 0 Å². The number of nitrogens with zero attached hydrogens (tertiary/aromatic N) is 1. The summed E-state index contributed by atoms with van der Waals surface area (Å²) in [5, 5.41) is 10.7. The van der Waals surface area contributed by atoms with Crippen LogP contribution in [0.5, 0.6) is 0 Å². The Morgan fingerprint density at radius 2 is 1.82 bits per heavy atom. The van der Waals surface area contributed by atoms with E-state index in [1.807, 2.05) is 31.2 Å². The van der Waals surface area contributed by atoms with E-state index in [0.29, 0.717) is 5.56 Å². The summed E-state index contributed by atoms with van der Waals surface area (Å²) in [5.74, 6) is -0.373. The third kappa shape index (κ3) is 3.58. The minimum Gasteiger partial charge on any atom is -0.465 e. The minimum absolute atomic E-state index is 0.0806. The van der Waals surface area contributed by atoms with Crippen LogP contribution in [0.4, 0.5) is 5.69 Å². The van der Waals surface area contributed by atoms with E-state index in [4.69, 9.17) is 0 Å². The second-order valence-corrected chi connectivity index (χ2v) is 4.74. The molecule has 0 aliphatic carbocycles. The molecule has 2 aromatic carbocycles. The summed E-state index contributed by atoms with van der Waals surface area (Å²) < 4.78 is 4.64. The van der Waals surface area contributed by atoms with Gasteiger partial charge in [0.25, 0.3) is 5.69 Å². The van der Waals surface area contributed by atoms with Crippen molar-refractivity contribution in [3.63, 3.8) is 0 Å². The molecule has 0 aliphatic heterocycles. The molecule has 0 unspecified atom stereocenters. The van der Waals surface area contributed by atoms with Crippen LogP contribution in [0.2, 0.25) is 0 Å². The number of esters is 1. The Labute approximate surface area is 128 Å². The van der Waals surface area contributed by atoms with Crippen LogP contribution < -0.4 is 0 Å². The lowest BCUT2D eigenvalue weighted by Gasteiger charge is -2.01. The molecule has 0 radical (unpaired) electrons. The molecule has 0 fully saturated rings. The van der Waals surface area contributed by atoms with Gasteiger partial charge in [0, 0.05) is 12.1 Å². The molecule has 2 rings (SSSR count). The van der Waals surface area contributed by atoms with E-state index in [1.54, 1.807) is 24.3 Å². The summed E-state index contributed by atoms with van der Waals surface area (Å²) in [7, 11) is 1.34. The van der Waals surface area contributed by atoms with E-state index >= 15 is 0 Å². The van der Waals surface area contributed by atoms with E-state index in [2.05, 4.69) is 4.74 Å². The smallest absolute Gasteiger partial charge is 0.337 e. The molecule has 0 saturated carbocycles. The van der Waals surface area contributed by atoms with Crippen LogP contribution >= 0.6 is 0 Å². The number of ether oxygens (including phenoxy) is 1. The van der Waals surface area contributed by atoms with Gasteiger partial charge in [-0.05, 0) is 41.8 Å². The largest absolute Gasteiger partial charge is 0.465 e. The number of carbonyl (C=O) groups is 1. The zero-order chi connectivity index (χ0) is 16.1. The first-order valence-electron chi connectivity index (χ1n) is 6.63. The third-order valence-electron chi connectivity index (χ3n) is 3.25. The summed E-state index contributed by atoms with van der Waals surface area (Å²) in [6.07, 6.45) is 3.77. The number of nitro groups is 1. The average molecular weight is 297 g/mol. The number of hydrogen-bond donors (Lipinski definition) is 0. The summed E-state index contributed by atoms with van der Waals surface area (Å²) >= 11 is 0. The molecule has 5 nitrogen and oxygen atoms in total. The fourth-order valence-electron chi connectivity index (χ4n) is 1.99. The van der Waals surface area contributed by atoms with Gasteiger partial charge in [0.1, 0.15) is 0 Å². The standard InChI is InChI=1S/C17H15NO4/c1-12-11-16(18(20)21)10-9-14(12)6-3-13-4-7-15(8-5-13)17(19)22-2/h3-11H,1-2H3. The Bertz CT molecular complexity index is 733. The number of nitro benzene ring substituents is 1. The van der Waals surface area contributed by atoms with Gasteiger partial charge >= 0.3 is 5.97 Å². The topological polar surface area (TPSA) is 69.4 Å². The van der Waals surface area contributed by atoms with Gasteiger partial charge in [-0.15, -0.1) is 0 Å². The predicted molar refractivity (Wildman–Crippen MR) is 84.5 cm³/mol. The number of hydrogen-bond acceptors (Lipinski definition) is 4. The first-order valence-corrected chi connectivity index (χ1v) is 6.63. The Balaban J connectivity index is 2.18. The number of aryl methyl sites for hydroxylation is 1. The van der Waals surface area contributed by atoms with Gasteiger partial charge in [0.05, 0.1) is 17.6 Å². The monoisotopic (exact) mass is 297 g/mol. The number of rotatable bonds is 4. The highest BCUT2D eigenvalue weighted by Gasteiger charge is 2.06. The van der Waals surface area contributed by atoms with E-state index in [9.17, 15) is 14.9 Å². The number of non-ortho nitro benzene ring substituents is 1. The summed E-state index contributed by atoms with van der Waals surface area (Å²) in [4.78, 5) is 21.6. The summed E-state index contributed by atoms with van der Waals surface area (Å²) in [6, 6.07) is 11.7. The van der Waals surface area contributed by atoms with Gasteiger partial charge in [-0.2, -0.15) is 0 Å². The van der Waals surface area contributed by atoms with Gasteiger partial charge in [0.15, 0.2) is 0 Å². The molecule has 2 aromatic rings. The van der Waals surface area contributed by atoms with Gasteiger partial charge in [-0.1, -0.05) is 24.3 Å². The Morgan fingerprint density at radius 3 is 2.36 bits per heavy atom. The Morgan fingerprint density at radius 1 is 1.14 bits per heavy atom. The molecule has 0 heterocycles. The van der Waals surface area contributed by atoms with Crippen LogP contribution in [0, 0.1) is 17.0 Å². The first-order chi connectivity index (χ1) is 10.5. The lowest BCUT2D eigenvalue weighted by Crippen LogP contribution is -2.00. The molecule has 0 N–H and O–H groups in total. The number of carbonyl (C=O) groups excluding carboxylic acids is 1. The van der Waals surface area contributed by atoms with E-state index in [0.717, 1.165) is 16.7 Å². The van der Waals surface area contributed by atoms with Crippen LogP contribution in [0.15, 0.2) is 42.5 Å². The van der Waals surface area contributed by atoms with Crippen molar-refractivity contribution in [1.82, 2.24) is 0 Å². The van der Waals surface area contributed by atoms with E-state index in [-0.39, 0.29) is 11.7 Å². The Hall–Kier alpha value is -2.95. The van der Waals surface area contributed by atoms with Crippen molar-refractivity contribution in [2.45, 2.75) is 6.92 Å². The fourth-order valence-corrected chi connectivity index (χ4v) is 1.99. The number of benzene rings is 2. The third-order valence-corrected chi connectivity index (χ3v) is 3.25. The van der Waals surface area contributed by atoms with Crippen molar-refractivity contribution in [3.05, 3.63) is 74.8 Å². The van der Waals surface area contributed by atoms with Crippen LogP contribution in [-0.4, -0.2) is 18.0 Å². The first kappa shape index (κ1) is 15.4. The van der Waals surface area contributed by atoms with Crippen molar-refractivity contribution in [2.24, 2.45) is 0 Å². The molecule has 5 heteroatoms. The second kappa shape index (κ2) is 6.67. The van der Waals surface area contributed by atoms with Crippen LogP contribution in [0.25, 0.3) is 12.2 Å². The lowest BCUT2D eigenvalue weighted by atomic mass is 10.1. The van der Waals surface area contributed by atoms with E-state index in [1.165, 1.54) is 13.2 Å². The van der Waals surface area contributed by atoms with Crippen molar-refractivity contribution >= 4 is 23.8 Å². The van der Waals surface area contributed by atoms with Crippen molar-refractivity contribution in [1.29, 1.82) is 0 Å². The molecule has 0 aromatic heterocycles. The maximum Gasteiger partial charge on any atom is 0.337 e. The minimum atomic E-state index is -0.411. The molecule has 112 valence electrons. The van der Waals surface area contributed by atoms with Gasteiger partial charge in [-0.25, -0.2) is 4.79 Å². The maximum absolute atomic E-state index is 11.3. The SMILES string of the molecule is COC(=O)c1ccc(C=Cc2ccc([N+](=O)[O-])cc2C)cc1. The quantitative estimate of drug-likeness (QED) is 0.372. The van der Waals surface area contributed by atoms with Crippen LogP contribution in [-0.2, 0) is 4.74 Å². The lowest BCUT2D eigenvalue weighted by molar-refractivity contribution is -0.384. The Kier molecular flexibility index (Phi) is 4.68. The molecule has 0 aliphatic rings. The normalized spacial score (nSPS) is 10.6. The van der Waals surface area contributed by atoms with Gasteiger partial charge in [-0.3, -0.25) is 10.1 Å². The fraction of sp³-hybridized carbons (Fsp3) is 0.118. The molecular formula is C17H15NO4. The van der Waals surface area contributed by atoms with Crippen LogP contribution in [0.1, 0.15) is 27.0 Å². The van der Waals surface area contributed by atoms with Crippen molar-refractivity contribution in [3.8, 4) is 0 Å². The predicted octanol–water partition coefficient (Wildman–Crippen LogP) is 3.86. The molecule has 0 amide bonds. The average Bonchev–Trinajstić information content (AvgIpc) is 2.53. The molecule has 0 atom stereocenters.